The molecule has 6 rings (SSSR count). The maximum atomic E-state index is 5.47. The van der Waals surface area contributed by atoms with Crippen LogP contribution in [0.5, 0.6) is 0 Å². The van der Waals surface area contributed by atoms with E-state index in [9.17, 15) is 0 Å². The van der Waals surface area contributed by atoms with Gasteiger partial charge in [-0.05, 0) is 53.8 Å². The molecule has 0 aliphatic carbocycles. The Morgan fingerprint density at radius 2 is 1.84 bits per heavy atom. The largest absolute Gasteiger partial charge is 0.354 e. The molecule has 194 valence electrons. The lowest BCUT2D eigenvalue weighted by Crippen LogP contribution is -2.22. The van der Waals surface area contributed by atoms with Crippen LogP contribution < -0.4 is 0 Å². The van der Waals surface area contributed by atoms with Crippen LogP contribution in [-0.4, -0.2) is 34.7 Å². The molecular formula is C29H31N7OS. The van der Waals surface area contributed by atoms with E-state index in [1.54, 1.807) is 6.20 Å². The smallest absolute Gasteiger partial charge is 0.185 e. The summed E-state index contributed by atoms with van der Waals surface area (Å²) in [5.41, 5.74) is 7.80. The Bertz CT molecular complexity index is 1780. The minimum atomic E-state index is -0.281. The van der Waals surface area contributed by atoms with E-state index in [1.165, 1.54) is 16.4 Å². The average Bonchev–Trinajstić information content (AvgIpc) is 3.59. The van der Waals surface area contributed by atoms with E-state index in [4.69, 9.17) is 19.6 Å². The monoisotopic (exact) mass is 525 g/mol. The highest BCUT2D eigenvalue weighted by Gasteiger charge is 2.30. The van der Waals surface area contributed by atoms with Gasteiger partial charge in [0.1, 0.15) is 16.7 Å². The molecule has 0 saturated carbocycles. The van der Waals surface area contributed by atoms with Crippen LogP contribution in [0.1, 0.15) is 75.0 Å². The van der Waals surface area contributed by atoms with Gasteiger partial charge in [0.15, 0.2) is 11.2 Å². The zero-order valence-corrected chi connectivity index (χ0v) is 23.3. The SMILES string of the molecule is CC(C)c1noc2ccc(CC(C)(C)c3n[nH]c4cc(CC(C)(C)c5snc6ncccc56)cnc34)nc12. The summed E-state index contributed by atoms with van der Waals surface area (Å²) in [6.45, 7) is 13.1. The average molecular weight is 526 g/mol. The van der Waals surface area contributed by atoms with Crippen molar-refractivity contribution in [3.05, 3.63) is 70.2 Å². The standard InChI is InChI=1S/C29H31N7OS/c1-16(2)22-24-21(37-35-22)10-9-18(32-24)14-28(3,4)25-23-20(33-34-25)12-17(15-31-23)13-29(5,6)26-19-8-7-11-30-27(19)36-38-26/h7-12,15-16H,13-14H2,1-6H3,(H,33,34). The van der Waals surface area contributed by atoms with Crippen molar-refractivity contribution in [2.45, 2.75) is 71.1 Å². The van der Waals surface area contributed by atoms with Gasteiger partial charge >= 0.3 is 0 Å². The predicted molar refractivity (Wildman–Crippen MR) is 151 cm³/mol. The number of H-pyrrole nitrogens is 1. The van der Waals surface area contributed by atoms with E-state index in [2.05, 4.69) is 73.3 Å². The van der Waals surface area contributed by atoms with Crippen molar-refractivity contribution in [1.82, 2.24) is 34.7 Å². The number of hydrogen-bond acceptors (Lipinski definition) is 8. The fourth-order valence-corrected chi connectivity index (χ4v) is 6.18. The maximum Gasteiger partial charge on any atom is 0.185 e. The highest BCUT2D eigenvalue weighted by Crippen LogP contribution is 2.37. The molecule has 0 saturated heterocycles. The van der Waals surface area contributed by atoms with E-state index in [-0.39, 0.29) is 16.7 Å². The van der Waals surface area contributed by atoms with Gasteiger partial charge in [-0.25, -0.2) is 9.97 Å². The number of nitrogens with zero attached hydrogens (tertiary/aromatic N) is 6. The number of hydrogen-bond donors (Lipinski definition) is 1. The molecule has 0 aliphatic rings. The second kappa shape index (κ2) is 8.94. The summed E-state index contributed by atoms with van der Waals surface area (Å²) in [6.07, 6.45) is 5.33. The topological polar surface area (TPSA) is 106 Å². The first-order valence-electron chi connectivity index (χ1n) is 12.9. The molecule has 38 heavy (non-hydrogen) atoms. The summed E-state index contributed by atoms with van der Waals surface area (Å²) < 4.78 is 10.0. The van der Waals surface area contributed by atoms with E-state index >= 15 is 0 Å². The van der Waals surface area contributed by atoms with Crippen LogP contribution in [0.25, 0.3) is 33.2 Å². The molecule has 0 aromatic carbocycles. The second-order valence-corrected chi connectivity index (χ2v) is 12.5. The molecule has 0 fully saturated rings. The van der Waals surface area contributed by atoms with E-state index in [0.717, 1.165) is 62.2 Å². The van der Waals surface area contributed by atoms with Gasteiger partial charge in [0.25, 0.3) is 0 Å². The van der Waals surface area contributed by atoms with Crippen LogP contribution in [0.3, 0.4) is 0 Å². The van der Waals surface area contributed by atoms with Gasteiger partial charge in [0.05, 0.1) is 11.2 Å². The van der Waals surface area contributed by atoms with Crippen LogP contribution >= 0.6 is 11.5 Å². The van der Waals surface area contributed by atoms with Crippen LogP contribution in [0.4, 0.5) is 0 Å². The number of rotatable bonds is 7. The zero-order chi connectivity index (χ0) is 26.7. The van der Waals surface area contributed by atoms with E-state index < -0.39 is 0 Å². The Morgan fingerprint density at radius 3 is 2.66 bits per heavy atom. The van der Waals surface area contributed by atoms with Crippen LogP contribution in [0, 0.1) is 0 Å². The summed E-state index contributed by atoms with van der Waals surface area (Å²) in [5.74, 6) is 0.247. The summed E-state index contributed by atoms with van der Waals surface area (Å²) in [6, 6.07) is 10.2. The summed E-state index contributed by atoms with van der Waals surface area (Å²) >= 11 is 1.54. The van der Waals surface area contributed by atoms with Crippen molar-refractivity contribution in [2.75, 3.05) is 0 Å². The molecule has 8 nitrogen and oxygen atoms in total. The fraction of sp³-hybridized carbons (Fsp3) is 0.379. The molecule has 6 aromatic heterocycles. The minimum Gasteiger partial charge on any atom is -0.354 e. The van der Waals surface area contributed by atoms with Crippen molar-refractivity contribution in [3.8, 4) is 0 Å². The molecule has 0 spiro atoms. The molecule has 0 bridgehead atoms. The zero-order valence-electron chi connectivity index (χ0n) is 22.5. The first-order valence-corrected chi connectivity index (χ1v) is 13.7. The number of aromatic nitrogens is 7. The molecule has 0 amide bonds. The molecule has 0 radical (unpaired) electrons. The van der Waals surface area contributed by atoms with Crippen molar-refractivity contribution in [3.63, 3.8) is 0 Å². The predicted octanol–water partition coefficient (Wildman–Crippen LogP) is 6.66. The summed E-state index contributed by atoms with van der Waals surface area (Å²) in [7, 11) is 0. The Labute approximate surface area is 225 Å². The van der Waals surface area contributed by atoms with Crippen molar-refractivity contribution >= 4 is 44.7 Å². The summed E-state index contributed by atoms with van der Waals surface area (Å²) in [5, 5.41) is 13.3. The lowest BCUT2D eigenvalue weighted by atomic mass is 9.82. The molecule has 0 unspecified atom stereocenters. The Kier molecular flexibility index (Phi) is 5.79. The number of pyridine rings is 3. The highest BCUT2D eigenvalue weighted by molar-refractivity contribution is 7.07. The van der Waals surface area contributed by atoms with Crippen LogP contribution in [-0.2, 0) is 23.7 Å². The maximum absolute atomic E-state index is 5.47. The Hall–Kier alpha value is -3.72. The van der Waals surface area contributed by atoms with Gasteiger partial charge in [0.2, 0.25) is 0 Å². The lowest BCUT2D eigenvalue weighted by Gasteiger charge is -2.24. The van der Waals surface area contributed by atoms with Gasteiger partial charge in [0, 0.05) is 51.5 Å². The normalized spacial score (nSPS) is 12.9. The lowest BCUT2D eigenvalue weighted by molar-refractivity contribution is 0.441. The van der Waals surface area contributed by atoms with E-state index in [1.807, 2.05) is 24.4 Å². The highest BCUT2D eigenvalue weighted by atomic mass is 32.1. The van der Waals surface area contributed by atoms with Gasteiger partial charge in [-0.2, -0.15) is 9.47 Å². The molecule has 0 aliphatic heterocycles. The molecule has 1 N–H and O–H groups in total. The molecule has 9 heteroatoms. The Morgan fingerprint density at radius 1 is 1.00 bits per heavy atom. The third-order valence-electron chi connectivity index (χ3n) is 7.18. The van der Waals surface area contributed by atoms with Gasteiger partial charge < -0.3 is 4.52 Å². The molecule has 6 aromatic rings. The first-order chi connectivity index (χ1) is 18.1. The van der Waals surface area contributed by atoms with Gasteiger partial charge in [-0.3, -0.25) is 10.1 Å². The van der Waals surface area contributed by atoms with Crippen LogP contribution in [0.15, 0.2) is 47.2 Å². The number of nitrogens with one attached hydrogen (secondary N) is 1. The Balaban J connectivity index is 1.27. The quantitative estimate of drug-likeness (QED) is 0.248. The van der Waals surface area contributed by atoms with Crippen LogP contribution in [0.2, 0.25) is 0 Å². The first kappa shape index (κ1) is 24.6. The molecule has 6 heterocycles. The van der Waals surface area contributed by atoms with Crippen molar-refractivity contribution < 1.29 is 4.52 Å². The number of fused-ring (bicyclic) bond motifs is 3. The third kappa shape index (κ3) is 4.24. The molecular weight excluding hydrogens is 494 g/mol. The van der Waals surface area contributed by atoms with Crippen molar-refractivity contribution in [2.24, 2.45) is 0 Å². The van der Waals surface area contributed by atoms with Gasteiger partial charge in [-0.15, -0.1) is 0 Å². The summed E-state index contributed by atoms with van der Waals surface area (Å²) in [4.78, 5) is 15.4. The van der Waals surface area contributed by atoms with Gasteiger partial charge in [-0.1, -0.05) is 46.7 Å². The number of aromatic amines is 1. The third-order valence-corrected chi connectivity index (χ3v) is 8.40. The molecule has 0 atom stereocenters. The fourth-order valence-electron chi connectivity index (χ4n) is 5.28. The van der Waals surface area contributed by atoms with E-state index in [0.29, 0.717) is 6.42 Å². The minimum absolute atomic E-state index is 0.110. The second-order valence-electron chi connectivity index (χ2n) is 11.7. The van der Waals surface area contributed by atoms with Crippen molar-refractivity contribution in [1.29, 1.82) is 0 Å².